The molecule has 0 atom stereocenters. The second kappa shape index (κ2) is 20.4. The van der Waals surface area contributed by atoms with Gasteiger partial charge in [-0.25, -0.2) is 17.9 Å². The summed E-state index contributed by atoms with van der Waals surface area (Å²) in [4.78, 5) is 10.9. The molecule has 0 aliphatic rings. The zero-order valence-corrected chi connectivity index (χ0v) is 19.6. The molecule has 0 unspecified atom stereocenters. The van der Waals surface area contributed by atoms with Crippen LogP contribution < -0.4 is 4.72 Å². The molecule has 5 nitrogen and oxygen atoms in total. The van der Waals surface area contributed by atoms with E-state index < -0.39 is 16.0 Å². The highest BCUT2D eigenvalue weighted by atomic mass is 32.2. The molecule has 0 heterocycles. The van der Waals surface area contributed by atoms with E-state index in [-0.39, 0.29) is 18.9 Å². The number of unbranched alkanes of at least 4 members (excludes halogenated alkanes) is 15. The van der Waals surface area contributed by atoms with Crippen LogP contribution in [0.25, 0.3) is 0 Å². The summed E-state index contributed by atoms with van der Waals surface area (Å²) in [5.41, 5.74) is 0. The highest BCUT2D eigenvalue weighted by Gasteiger charge is 2.09. The van der Waals surface area contributed by atoms with Crippen LogP contribution in [0.4, 0.5) is 0 Å². The van der Waals surface area contributed by atoms with Crippen molar-refractivity contribution in [1.29, 1.82) is 0 Å². The monoisotopic (exact) mass is 431 g/mol. The van der Waals surface area contributed by atoms with E-state index in [1.165, 1.54) is 83.5 Å². The Morgan fingerprint density at radius 2 is 1.21 bits per heavy atom. The molecule has 0 aromatic carbocycles. The summed E-state index contributed by atoms with van der Waals surface area (Å²) in [6.45, 7) is 5.69. The van der Waals surface area contributed by atoms with Gasteiger partial charge in [0.1, 0.15) is 6.61 Å². The van der Waals surface area contributed by atoms with Crippen LogP contribution in [0.3, 0.4) is 0 Å². The van der Waals surface area contributed by atoms with Crippen LogP contribution in [0.2, 0.25) is 0 Å². The number of hydrogen-bond donors (Lipinski definition) is 1. The van der Waals surface area contributed by atoms with Crippen molar-refractivity contribution in [1.82, 2.24) is 4.72 Å². The van der Waals surface area contributed by atoms with Crippen molar-refractivity contribution < 1.29 is 17.9 Å². The van der Waals surface area contributed by atoms with Crippen LogP contribution in [0, 0.1) is 0 Å². The van der Waals surface area contributed by atoms with Crippen molar-refractivity contribution in [3.63, 3.8) is 0 Å². The predicted molar refractivity (Wildman–Crippen MR) is 122 cm³/mol. The molecule has 0 rings (SSSR count). The lowest BCUT2D eigenvalue weighted by molar-refractivity contribution is -0.137. The smallest absolute Gasteiger partial charge is 0.330 e. The molecule has 172 valence electrons. The van der Waals surface area contributed by atoms with Crippen molar-refractivity contribution in [3.8, 4) is 0 Å². The highest BCUT2D eigenvalue weighted by Crippen LogP contribution is 2.13. The molecule has 0 amide bonds. The number of nitrogens with one attached hydrogen (secondary N) is 1. The van der Waals surface area contributed by atoms with Gasteiger partial charge in [-0.2, -0.15) is 0 Å². The Balaban J connectivity index is 3.31. The molecule has 0 fully saturated rings. The van der Waals surface area contributed by atoms with E-state index in [0.717, 1.165) is 18.9 Å². The minimum atomic E-state index is -3.27. The van der Waals surface area contributed by atoms with Gasteiger partial charge in [-0.15, -0.1) is 0 Å². The van der Waals surface area contributed by atoms with Crippen molar-refractivity contribution in [3.05, 3.63) is 12.7 Å². The number of rotatable bonds is 22. The van der Waals surface area contributed by atoms with Crippen molar-refractivity contribution in [2.45, 2.75) is 110 Å². The first-order valence-corrected chi connectivity index (χ1v) is 13.4. The molecule has 0 aromatic rings. The second-order valence-electron chi connectivity index (χ2n) is 7.89. The minimum absolute atomic E-state index is 0.0308. The van der Waals surface area contributed by atoms with Gasteiger partial charge in [-0.3, -0.25) is 0 Å². The van der Waals surface area contributed by atoms with Gasteiger partial charge >= 0.3 is 5.97 Å². The first-order valence-electron chi connectivity index (χ1n) is 11.8. The van der Waals surface area contributed by atoms with Gasteiger partial charge in [0.05, 0.1) is 5.75 Å². The molecule has 0 spiro atoms. The third kappa shape index (κ3) is 21.6. The van der Waals surface area contributed by atoms with E-state index in [4.69, 9.17) is 4.74 Å². The zero-order valence-electron chi connectivity index (χ0n) is 18.8. The lowest BCUT2D eigenvalue weighted by Gasteiger charge is -2.07. The van der Waals surface area contributed by atoms with Crippen molar-refractivity contribution in [2.24, 2.45) is 0 Å². The van der Waals surface area contributed by atoms with Crippen LogP contribution in [0.5, 0.6) is 0 Å². The number of hydrogen-bond acceptors (Lipinski definition) is 4. The third-order valence-corrected chi connectivity index (χ3v) is 6.57. The maximum Gasteiger partial charge on any atom is 0.330 e. The molecule has 0 aliphatic carbocycles. The van der Waals surface area contributed by atoms with Gasteiger partial charge < -0.3 is 4.74 Å². The lowest BCUT2D eigenvalue weighted by atomic mass is 10.0. The number of esters is 1. The van der Waals surface area contributed by atoms with Gasteiger partial charge in [0.25, 0.3) is 0 Å². The molecule has 0 radical (unpaired) electrons. The van der Waals surface area contributed by atoms with Crippen molar-refractivity contribution >= 4 is 16.0 Å². The quantitative estimate of drug-likeness (QED) is 0.132. The average Bonchev–Trinajstić information content (AvgIpc) is 2.70. The fourth-order valence-electron chi connectivity index (χ4n) is 3.32. The van der Waals surface area contributed by atoms with Gasteiger partial charge in [0.2, 0.25) is 10.0 Å². The minimum Gasteiger partial charge on any atom is -0.461 e. The van der Waals surface area contributed by atoms with E-state index in [1.807, 2.05) is 0 Å². The molecule has 0 aromatic heterocycles. The Bertz CT molecular complexity index is 491. The van der Waals surface area contributed by atoms with Gasteiger partial charge in [0, 0.05) is 12.6 Å². The summed E-state index contributed by atoms with van der Waals surface area (Å²) in [7, 11) is -3.27. The Labute approximate surface area is 180 Å². The second-order valence-corrected chi connectivity index (χ2v) is 9.81. The first kappa shape index (κ1) is 28.1. The van der Waals surface area contributed by atoms with E-state index >= 15 is 0 Å². The summed E-state index contributed by atoms with van der Waals surface area (Å²) in [6.07, 6.45) is 21.4. The molecule has 6 heteroatoms. The Morgan fingerprint density at radius 1 is 0.793 bits per heavy atom. The van der Waals surface area contributed by atoms with Crippen molar-refractivity contribution in [2.75, 3.05) is 18.9 Å². The summed E-state index contributed by atoms with van der Waals surface area (Å²) in [5.74, 6) is -0.400. The average molecular weight is 432 g/mol. The molecule has 0 aliphatic heterocycles. The van der Waals surface area contributed by atoms with Crippen LogP contribution in [-0.4, -0.2) is 33.3 Å². The topological polar surface area (TPSA) is 72.5 Å². The Kier molecular flexibility index (Phi) is 19.8. The normalized spacial score (nSPS) is 11.5. The van der Waals surface area contributed by atoms with E-state index in [2.05, 4.69) is 18.2 Å². The standard InChI is InChI=1S/C23H45NO4S/c1-3-5-6-7-8-9-10-11-12-13-14-15-16-17-18-19-22-29(26,27)24-20-21-28-23(25)4-2/h4,24H,2-3,5-22H2,1H3. The Morgan fingerprint density at radius 3 is 1.62 bits per heavy atom. The molecule has 0 saturated carbocycles. The number of sulfonamides is 1. The molecule has 0 bridgehead atoms. The van der Waals surface area contributed by atoms with Crippen LogP contribution in [-0.2, 0) is 19.6 Å². The number of ether oxygens (including phenoxy) is 1. The van der Waals surface area contributed by atoms with Gasteiger partial charge in [-0.1, -0.05) is 110 Å². The van der Waals surface area contributed by atoms with Crippen LogP contribution in [0.15, 0.2) is 12.7 Å². The summed E-state index contributed by atoms with van der Waals surface area (Å²) in [6, 6.07) is 0. The lowest BCUT2D eigenvalue weighted by Crippen LogP contribution is -2.30. The maximum absolute atomic E-state index is 11.8. The van der Waals surface area contributed by atoms with E-state index in [0.29, 0.717) is 6.42 Å². The fourth-order valence-corrected chi connectivity index (χ4v) is 4.44. The fraction of sp³-hybridized carbons (Fsp3) is 0.870. The van der Waals surface area contributed by atoms with E-state index in [1.54, 1.807) is 0 Å². The summed E-state index contributed by atoms with van der Waals surface area (Å²) >= 11 is 0. The van der Waals surface area contributed by atoms with Gasteiger partial charge in [0.15, 0.2) is 0 Å². The van der Waals surface area contributed by atoms with Crippen LogP contribution in [0.1, 0.15) is 110 Å². The summed E-state index contributed by atoms with van der Waals surface area (Å²) in [5, 5.41) is 0. The predicted octanol–water partition coefficient (Wildman–Crippen LogP) is 5.90. The SMILES string of the molecule is C=CC(=O)OCCNS(=O)(=O)CCCCCCCCCCCCCCCCCC. The zero-order chi connectivity index (χ0) is 21.6. The summed E-state index contributed by atoms with van der Waals surface area (Å²) < 4.78 is 30.8. The molecule has 29 heavy (non-hydrogen) atoms. The number of carbonyl (C=O) groups is 1. The molecular formula is C23H45NO4S. The number of carbonyl (C=O) groups excluding carboxylic acids is 1. The Hall–Kier alpha value is -0.880. The third-order valence-electron chi connectivity index (χ3n) is 5.10. The molecular weight excluding hydrogens is 386 g/mol. The van der Waals surface area contributed by atoms with Crippen LogP contribution >= 0.6 is 0 Å². The largest absolute Gasteiger partial charge is 0.461 e. The van der Waals surface area contributed by atoms with Gasteiger partial charge in [-0.05, 0) is 6.42 Å². The van der Waals surface area contributed by atoms with E-state index in [9.17, 15) is 13.2 Å². The maximum atomic E-state index is 11.8. The first-order chi connectivity index (χ1) is 14.0. The highest BCUT2D eigenvalue weighted by molar-refractivity contribution is 7.89. The molecule has 1 N–H and O–H groups in total. The molecule has 0 saturated heterocycles.